The highest BCUT2D eigenvalue weighted by Crippen LogP contribution is 2.16. The molecule has 0 aliphatic carbocycles. The van der Waals surface area contributed by atoms with Crippen LogP contribution in [0.3, 0.4) is 0 Å². The van der Waals surface area contributed by atoms with Gasteiger partial charge in [0.15, 0.2) is 0 Å². The van der Waals surface area contributed by atoms with Crippen molar-refractivity contribution in [2.45, 2.75) is 6.42 Å². The van der Waals surface area contributed by atoms with Gasteiger partial charge in [-0.2, -0.15) is 0 Å². The second-order valence-corrected chi connectivity index (χ2v) is 3.29. The van der Waals surface area contributed by atoms with Crippen LogP contribution in [0.5, 0.6) is 0 Å². The van der Waals surface area contributed by atoms with Gasteiger partial charge in [-0.3, -0.25) is 0 Å². The van der Waals surface area contributed by atoms with Crippen molar-refractivity contribution in [2.24, 2.45) is 7.05 Å². The Kier molecular flexibility index (Phi) is 2.07. The van der Waals surface area contributed by atoms with Gasteiger partial charge in [0, 0.05) is 25.4 Å². The molecule has 1 aromatic heterocycles. The van der Waals surface area contributed by atoms with E-state index in [1.165, 1.54) is 16.5 Å². The Morgan fingerprint density at radius 3 is 2.92 bits per heavy atom. The number of aromatic nitrogens is 1. The second kappa shape index (κ2) is 3.23. The molecule has 0 atom stereocenters. The van der Waals surface area contributed by atoms with Crippen LogP contribution in [-0.2, 0) is 13.5 Å². The summed E-state index contributed by atoms with van der Waals surface area (Å²) in [5.74, 6) is 0. The molecule has 2 rings (SSSR count). The SMILES string of the molecule is Cn1ccc2ccc(CCO)cc21. The van der Waals surface area contributed by atoms with Crippen molar-refractivity contribution in [3.8, 4) is 0 Å². The molecule has 0 aliphatic heterocycles. The summed E-state index contributed by atoms with van der Waals surface area (Å²) < 4.78 is 2.09. The van der Waals surface area contributed by atoms with Crippen LogP contribution in [0.2, 0.25) is 0 Å². The summed E-state index contributed by atoms with van der Waals surface area (Å²) >= 11 is 0. The number of nitrogens with zero attached hydrogens (tertiary/aromatic N) is 1. The minimum Gasteiger partial charge on any atom is -0.396 e. The third-order valence-electron chi connectivity index (χ3n) is 2.35. The van der Waals surface area contributed by atoms with Crippen molar-refractivity contribution in [1.82, 2.24) is 4.57 Å². The van der Waals surface area contributed by atoms with Crippen molar-refractivity contribution in [3.63, 3.8) is 0 Å². The molecule has 2 nitrogen and oxygen atoms in total. The monoisotopic (exact) mass is 175 g/mol. The highest BCUT2D eigenvalue weighted by atomic mass is 16.2. The maximum Gasteiger partial charge on any atom is 0.0480 e. The Morgan fingerprint density at radius 2 is 2.15 bits per heavy atom. The molecule has 0 saturated carbocycles. The first-order valence-corrected chi connectivity index (χ1v) is 4.46. The summed E-state index contributed by atoms with van der Waals surface area (Å²) in [6.07, 6.45) is 2.79. The molecule has 0 saturated heterocycles. The van der Waals surface area contributed by atoms with Crippen LogP contribution in [0.15, 0.2) is 30.5 Å². The fraction of sp³-hybridized carbons (Fsp3) is 0.273. The molecule has 2 heteroatoms. The van der Waals surface area contributed by atoms with Gasteiger partial charge in [-0.05, 0) is 29.5 Å². The first kappa shape index (κ1) is 8.32. The maximum absolute atomic E-state index is 8.80. The number of benzene rings is 1. The molecule has 0 amide bonds. The van der Waals surface area contributed by atoms with Gasteiger partial charge in [0.25, 0.3) is 0 Å². The number of aryl methyl sites for hydroxylation is 1. The number of rotatable bonds is 2. The lowest BCUT2D eigenvalue weighted by Gasteiger charge is -2.00. The molecule has 0 bridgehead atoms. The lowest BCUT2D eigenvalue weighted by molar-refractivity contribution is 0.299. The average Bonchev–Trinajstić information content (AvgIpc) is 2.49. The van der Waals surface area contributed by atoms with E-state index in [1.54, 1.807) is 0 Å². The maximum atomic E-state index is 8.80. The van der Waals surface area contributed by atoms with Gasteiger partial charge in [0.2, 0.25) is 0 Å². The van der Waals surface area contributed by atoms with Crippen molar-refractivity contribution < 1.29 is 5.11 Å². The summed E-state index contributed by atoms with van der Waals surface area (Å²) in [4.78, 5) is 0. The van der Waals surface area contributed by atoms with Crippen LogP contribution in [0, 0.1) is 0 Å². The molecule has 0 radical (unpaired) electrons. The van der Waals surface area contributed by atoms with Crippen LogP contribution in [0.4, 0.5) is 0 Å². The standard InChI is InChI=1S/C11H13NO/c1-12-6-4-10-3-2-9(5-7-13)8-11(10)12/h2-4,6,8,13H,5,7H2,1H3. The predicted octanol–water partition coefficient (Wildman–Crippen LogP) is 1.71. The average molecular weight is 175 g/mol. The lowest BCUT2D eigenvalue weighted by atomic mass is 10.1. The number of hydrogen-bond acceptors (Lipinski definition) is 1. The normalized spacial score (nSPS) is 10.9. The molecular weight excluding hydrogens is 162 g/mol. The Bertz CT molecular complexity index is 417. The Hall–Kier alpha value is -1.28. The number of aliphatic hydroxyl groups is 1. The minimum atomic E-state index is 0.218. The highest BCUT2D eigenvalue weighted by Gasteiger charge is 1.98. The Labute approximate surface area is 77.4 Å². The zero-order chi connectivity index (χ0) is 9.26. The van der Waals surface area contributed by atoms with E-state index < -0.39 is 0 Å². The van der Waals surface area contributed by atoms with Crippen molar-refractivity contribution in [1.29, 1.82) is 0 Å². The molecule has 1 N–H and O–H groups in total. The summed E-state index contributed by atoms with van der Waals surface area (Å²) in [6.45, 7) is 0.218. The van der Waals surface area contributed by atoms with Crippen LogP contribution >= 0.6 is 0 Å². The third-order valence-corrected chi connectivity index (χ3v) is 2.35. The van der Waals surface area contributed by atoms with E-state index in [0.29, 0.717) is 0 Å². The predicted molar refractivity (Wildman–Crippen MR) is 53.7 cm³/mol. The topological polar surface area (TPSA) is 25.2 Å². The van der Waals surface area contributed by atoms with Gasteiger partial charge in [-0.25, -0.2) is 0 Å². The van der Waals surface area contributed by atoms with Crippen molar-refractivity contribution >= 4 is 10.9 Å². The molecule has 0 aliphatic rings. The van der Waals surface area contributed by atoms with Crippen LogP contribution in [0.25, 0.3) is 10.9 Å². The van der Waals surface area contributed by atoms with Crippen LogP contribution in [0.1, 0.15) is 5.56 Å². The molecule has 1 aromatic carbocycles. The van der Waals surface area contributed by atoms with Gasteiger partial charge in [0.05, 0.1) is 0 Å². The van der Waals surface area contributed by atoms with E-state index in [4.69, 9.17) is 5.11 Å². The number of aliphatic hydroxyl groups excluding tert-OH is 1. The van der Waals surface area contributed by atoms with Crippen LogP contribution < -0.4 is 0 Å². The van der Waals surface area contributed by atoms with E-state index in [0.717, 1.165) is 6.42 Å². The van der Waals surface area contributed by atoms with Crippen molar-refractivity contribution in [2.75, 3.05) is 6.61 Å². The van der Waals surface area contributed by atoms with E-state index in [2.05, 4.69) is 28.8 Å². The fourth-order valence-corrected chi connectivity index (χ4v) is 1.59. The van der Waals surface area contributed by atoms with Gasteiger partial charge in [0.1, 0.15) is 0 Å². The third kappa shape index (κ3) is 1.45. The van der Waals surface area contributed by atoms with Gasteiger partial charge in [-0.1, -0.05) is 12.1 Å². The van der Waals surface area contributed by atoms with E-state index >= 15 is 0 Å². The molecule has 0 fully saturated rings. The minimum absolute atomic E-state index is 0.218. The number of hydrogen-bond donors (Lipinski definition) is 1. The summed E-state index contributed by atoms with van der Waals surface area (Å²) in [7, 11) is 2.03. The molecule has 1 heterocycles. The first-order valence-electron chi connectivity index (χ1n) is 4.46. The molecule has 0 spiro atoms. The molecule has 13 heavy (non-hydrogen) atoms. The summed E-state index contributed by atoms with van der Waals surface area (Å²) in [6, 6.07) is 8.39. The molecule has 2 aromatic rings. The van der Waals surface area contributed by atoms with E-state index in [9.17, 15) is 0 Å². The summed E-state index contributed by atoms with van der Waals surface area (Å²) in [5.41, 5.74) is 2.42. The second-order valence-electron chi connectivity index (χ2n) is 3.29. The summed E-state index contributed by atoms with van der Waals surface area (Å²) in [5, 5.41) is 10.1. The van der Waals surface area contributed by atoms with Crippen molar-refractivity contribution in [3.05, 3.63) is 36.0 Å². The van der Waals surface area contributed by atoms with E-state index in [1.807, 2.05) is 13.2 Å². The first-order chi connectivity index (χ1) is 6.31. The lowest BCUT2D eigenvalue weighted by Crippen LogP contribution is -1.91. The largest absolute Gasteiger partial charge is 0.396 e. The van der Waals surface area contributed by atoms with Gasteiger partial charge < -0.3 is 9.67 Å². The molecular formula is C11H13NO. The number of fused-ring (bicyclic) bond motifs is 1. The van der Waals surface area contributed by atoms with Crippen LogP contribution in [-0.4, -0.2) is 16.3 Å². The quantitative estimate of drug-likeness (QED) is 0.738. The van der Waals surface area contributed by atoms with Gasteiger partial charge >= 0.3 is 0 Å². The van der Waals surface area contributed by atoms with Gasteiger partial charge in [-0.15, -0.1) is 0 Å². The van der Waals surface area contributed by atoms with E-state index in [-0.39, 0.29) is 6.61 Å². The Balaban J connectivity index is 2.53. The molecule has 0 unspecified atom stereocenters. The fourth-order valence-electron chi connectivity index (χ4n) is 1.59. The smallest absolute Gasteiger partial charge is 0.0480 e. The Morgan fingerprint density at radius 1 is 1.31 bits per heavy atom. The highest BCUT2D eigenvalue weighted by molar-refractivity contribution is 5.80. The zero-order valence-corrected chi connectivity index (χ0v) is 7.70. The zero-order valence-electron chi connectivity index (χ0n) is 7.70. The molecule has 68 valence electrons.